The predicted octanol–water partition coefficient (Wildman–Crippen LogP) is 2.76. The summed E-state index contributed by atoms with van der Waals surface area (Å²) in [6.45, 7) is 4.56. The Morgan fingerprint density at radius 2 is 1.93 bits per heavy atom. The number of benzene rings is 1. The van der Waals surface area contributed by atoms with Crippen LogP contribution in [0.1, 0.15) is 25.5 Å². The van der Waals surface area contributed by atoms with E-state index in [0.717, 1.165) is 10.6 Å². The van der Waals surface area contributed by atoms with Crippen molar-refractivity contribution < 1.29 is 4.74 Å². The smallest absolute Gasteiger partial charge is 0.0972 e. The third-order valence-electron chi connectivity index (χ3n) is 2.02. The van der Waals surface area contributed by atoms with Crippen molar-refractivity contribution in [1.82, 2.24) is 0 Å². The molecule has 0 saturated carbocycles. The molecule has 2 atom stereocenters. The Hall–Kier alpha value is -0.570. The van der Waals surface area contributed by atoms with E-state index in [0.29, 0.717) is 6.61 Å². The van der Waals surface area contributed by atoms with Crippen molar-refractivity contribution in [2.24, 2.45) is 5.73 Å². The van der Waals surface area contributed by atoms with Crippen LogP contribution in [0.2, 0.25) is 5.02 Å². The zero-order chi connectivity index (χ0) is 10.6. The quantitative estimate of drug-likeness (QED) is 0.835. The Bertz CT molecular complexity index is 271. The second-order valence-corrected chi connectivity index (χ2v) is 3.72. The summed E-state index contributed by atoms with van der Waals surface area (Å²) < 4.78 is 5.56. The van der Waals surface area contributed by atoms with E-state index < -0.39 is 0 Å². The van der Waals surface area contributed by atoms with Crippen LogP contribution in [0.15, 0.2) is 24.3 Å². The first-order valence-electron chi connectivity index (χ1n) is 4.77. The zero-order valence-electron chi connectivity index (χ0n) is 8.53. The van der Waals surface area contributed by atoms with Gasteiger partial charge in [-0.3, -0.25) is 0 Å². The van der Waals surface area contributed by atoms with Gasteiger partial charge in [-0.25, -0.2) is 0 Å². The topological polar surface area (TPSA) is 35.2 Å². The number of ether oxygens (including phenoxy) is 1. The summed E-state index contributed by atoms with van der Waals surface area (Å²) in [5.41, 5.74) is 6.91. The normalized spacial score (nSPS) is 15.1. The van der Waals surface area contributed by atoms with Gasteiger partial charge in [-0.1, -0.05) is 23.7 Å². The lowest BCUT2D eigenvalue weighted by atomic mass is 10.0. The van der Waals surface area contributed by atoms with Crippen LogP contribution in [0.25, 0.3) is 0 Å². The molecule has 0 heterocycles. The molecule has 14 heavy (non-hydrogen) atoms. The summed E-state index contributed by atoms with van der Waals surface area (Å²) in [4.78, 5) is 0. The molecule has 0 aromatic heterocycles. The van der Waals surface area contributed by atoms with E-state index in [1.165, 1.54) is 0 Å². The van der Waals surface area contributed by atoms with E-state index in [9.17, 15) is 0 Å². The summed E-state index contributed by atoms with van der Waals surface area (Å²) in [5, 5.41) is 0.730. The standard InChI is InChI=1S/C11H16ClNO/c1-3-14-11(8(2)13)9-4-6-10(12)7-5-9/h4-8,11H,3,13H2,1-2H3. The van der Waals surface area contributed by atoms with E-state index in [1.54, 1.807) is 0 Å². The molecule has 0 radical (unpaired) electrons. The molecule has 2 unspecified atom stereocenters. The van der Waals surface area contributed by atoms with Crippen LogP contribution in [-0.4, -0.2) is 12.6 Å². The summed E-state index contributed by atoms with van der Waals surface area (Å²) in [5.74, 6) is 0. The molecule has 3 heteroatoms. The molecule has 1 aromatic carbocycles. The van der Waals surface area contributed by atoms with Crippen LogP contribution >= 0.6 is 11.6 Å². The molecule has 0 aliphatic rings. The fourth-order valence-corrected chi connectivity index (χ4v) is 1.51. The van der Waals surface area contributed by atoms with Crippen LogP contribution in [-0.2, 0) is 4.74 Å². The fourth-order valence-electron chi connectivity index (χ4n) is 1.38. The van der Waals surface area contributed by atoms with Gasteiger partial charge in [0.15, 0.2) is 0 Å². The Balaban J connectivity index is 2.82. The maximum absolute atomic E-state index is 5.83. The zero-order valence-corrected chi connectivity index (χ0v) is 9.29. The van der Waals surface area contributed by atoms with Gasteiger partial charge in [0.25, 0.3) is 0 Å². The molecule has 1 aromatic rings. The number of hydrogen-bond acceptors (Lipinski definition) is 2. The molecule has 2 N–H and O–H groups in total. The van der Waals surface area contributed by atoms with Gasteiger partial charge in [0, 0.05) is 17.7 Å². The van der Waals surface area contributed by atoms with Gasteiger partial charge in [-0.15, -0.1) is 0 Å². The van der Waals surface area contributed by atoms with Gasteiger partial charge in [-0.2, -0.15) is 0 Å². The van der Waals surface area contributed by atoms with Crippen LogP contribution < -0.4 is 5.73 Å². The lowest BCUT2D eigenvalue weighted by molar-refractivity contribution is 0.0475. The number of hydrogen-bond donors (Lipinski definition) is 1. The molecule has 0 bridgehead atoms. The van der Waals surface area contributed by atoms with E-state index >= 15 is 0 Å². The van der Waals surface area contributed by atoms with E-state index in [4.69, 9.17) is 22.1 Å². The number of rotatable bonds is 4. The highest BCUT2D eigenvalue weighted by Gasteiger charge is 2.15. The first-order valence-corrected chi connectivity index (χ1v) is 5.15. The minimum absolute atomic E-state index is 0.0175. The van der Waals surface area contributed by atoms with Crippen molar-refractivity contribution in [3.8, 4) is 0 Å². The third kappa shape index (κ3) is 2.98. The van der Waals surface area contributed by atoms with Gasteiger partial charge < -0.3 is 10.5 Å². The molecule has 0 saturated heterocycles. The molecule has 0 spiro atoms. The average molecular weight is 214 g/mol. The van der Waals surface area contributed by atoms with Crippen LogP contribution in [0.4, 0.5) is 0 Å². The lowest BCUT2D eigenvalue weighted by Gasteiger charge is -2.21. The van der Waals surface area contributed by atoms with E-state index in [-0.39, 0.29) is 12.1 Å². The van der Waals surface area contributed by atoms with Crippen LogP contribution in [0.3, 0.4) is 0 Å². The van der Waals surface area contributed by atoms with Gasteiger partial charge in [-0.05, 0) is 31.5 Å². The van der Waals surface area contributed by atoms with Crippen LogP contribution in [0.5, 0.6) is 0 Å². The average Bonchev–Trinajstić information content (AvgIpc) is 2.15. The largest absolute Gasteiger partial charge is 0.372 e. The second-order valence-electron chi connectivity index (χ2n) is 3.29. The number of nitrogens with two attached hydrogens (primary N) is 1. The minimum Gasteiger partial charge on any atom is -0.372 e. The maximum atomic E-state index is 5.83. The number of halogens is 1. The first-order chi connectivity index (χ1) is 6.65. The summed E-state index contributed by atoms with van der Waals surface area (Å²) in [6.07, 6.45) is -0.0442. The van der Waals surface area contributed by atoms with E-state index in [2.05, 4.69) is 0 Å². The van der Waals surface area contributed by atoms with Gasteiger partial charge in [0.2, 0.25) is 0 Å². The van der Waals surface area contributed by atoms with Crippen molar-refractivity contribution in [3.05, 3.63) is 34.9 Å². The van der Waals surface area contributed by atoms with E-state index in [1.807, 2.05) is 38.1 Å². The highest BCUT2D eigenvalue weighted by molar-refractivity contribution is 6.30. The monoisotopic (exact) mass is 213 g/mol. The highest BCUT2D eigenvalue weighted by atomic mass is 35.5. The molecule has 1 rings (SSSR count). The molecule has 78 valence electrons. The highest BCUT2D eigenvalue weighted by Crippen LogP contribution is 2.21. The van der Waals surface area contributed by atoms with Crippen LogP contribution in [0, 0.1) is 0 Å². The molecule has 0 aliphatic carbocycles. The Labute approximate surface area is 90.0 Å². The minimum atomic E-state index is -0.0442. The molecule has 0 amide bonds. The Morgan fingerprint density at radius 1 is 1.36 bits per heavy atom. The van der Waals surface area contributed by atoms with Crippen molar-refractivity contribution in [2.45, 2.75) is 26.0 Å². The first kappa shape index (κ1) is 11.5. The second kappa shape index (κ2) is 5.35. The Kier molecular flexibility index (Phi) is 4.39. The lowest BCUT2D eigenvalue weighted by Crippen LogP contribution is -2.26. The molecular formula is C11H16ClNO. The van der Waals surface area contributed by atoms with Crippen molar-refractivity contribution in [2.75, 3.05) is 6.61 Å². The Morgan fingerprint density at radius 3 is 2.36 bits per heavy atom. The van der Waals surface area contributed by atoms with Gasteiger partial charge in [0.1, 0.15) is 0 Å². The summed E-state index contributed by atoms with van der Waals surface area (Å²) >= 11 is 5.80. The summed E-state index contributed by atoms with van der Waals surface area (Å²) in [7, 11) is 0. The third-order valence-corrected chi connectivity index (χ3v) is 2.27. The van der Waals surface area contributed by atoms with Crippen molar-refractivity contribution >= 4 is 11.6 Å². The SMILES string of the molecule is CCOC(c1ccc(Cl)cc1)C(C)N. The predicted molar refractivity (Wildman–Crippen MR) is 59.5 cm³/mol. The fraction of sp³-hybridized carbons (Fsp3) is 0.455. The summed E-state index contributed by atoms with van der Waals surface area (Å²) in [6, 6.07) is 7.59. The maximum Gasteiger partial charge on any atom is 0.0972 e. The molecular weight excluding hydrogens is 198 g/mol. The van der Waals surface area contributed by atoms with Gasteiger partial charge in [0.05, 0.1) is 6.10 Å². The van der Waals surface area contributed by atoms with Gasteiger partial charge >= 0.3 is 0 Å². The van der Waals surface area contributed by atoms with Crippen molar-refractivity contribution in [3.63, 3.8) is 0 Å². The molecule has 0 fully saturated rings. The molecule has 2 nitrogen and oxygen atoms in total. The van der Waals surface area contributed by atoms with Crippen molar-refractivity contribution in [1.29, 1.82) is 0 Å². The molecule has 0 aliphatic heterocycles.